The molecule has 0 heterocycles. The van der Waals surface area contributed by atoms with Crippen molar-refractivity contribution < 1.29 is 32.1 Å². The number of hydrogen-bond acceptors (Lipinski definition) is 4. The van der Waals surface area contributed by atoms with E-state index >= 15 is 0 Å². The van der Waals surface area contributed by atoms with Crippen LogP contribution in [-0.4, -0.2) is 182 Å². The third-order valence-electron chi connectivity index (χ3n) is 3.51. The predicted molar refractivity (Wildman–Crippen MR) is 111 cm³/mol. The van der Waals surface area contributed by atoms with Gasteiger partial charge >= 0.3 is 7.60 Å². The third kappa shape index (κ3) is 12.4. The standard InChI is InChI=1S/C16H19O7PS.3K/c17-24(18,19)16(25(20,21)22)11-5-7-13-6-4-10-15(12-13)23-14-8-2-1-3-9-14;;;/h1-4,6,8-10,12,16H,5,7,11H2,(H2,17,18,19)(H,20,21,22);;;. The number of aryl methyl sites for hydroxylation is 1. The van der Waals surface area contributed by atoms with Gasteiger partial charge in [-0.1, -0.05) is 30.3 Å². The average Bonchev–Trinajstić information content (AvgIpc) is 2.50. The maximum Gasteiger partial charge on any atom is 0.346 e. The van der Waals surface area contributed by atoms with Gasteiger partial charge in [0.1, 0.15) is 11.5 Å². The molecule has 0 amide bonds. The van der Waals surface area contributed by atoms with Crippen LogP contribution < -0.4 is 4.74 Å². The number of ether oxygens (including phenoxy) is 1. The molecule has 0 aliphatic heterocycles. The van der Waals surface area contributed by atoms with Crippen molar-refractivity contribution in [2.75, 3.05) is 0 Å². The summed E-state index contributed by atoms with van der Waals surface area (Å²) >= 11 is 0. The zero-order valence-electron chi connectivity index (χ0n) is 16.2. The van der Waals surface area contributed by atoms with Crippen molar-refractivity contribution in [3.05, 3.63) is 60.2 Å². The quantitative estimate of drug-likeness (QED) is 0.286. The molecule has 2 rings (SSSR count). The molecule has 0 aliphatic rings. The fraction of sp³-hybridized carbons (Fsp3) is 0.250. The number of benzene rings is 2. The minimum Gasteiger partial charge on any atom is -0.457 e. The second-order valence-electron chi connectivity index (χ2n) is 5.51. The van der Waals surface area contributed by atoms with Gasteiger partial charge in [0.2, 0.25) is 0 Å². The first-order valence-electron chi connectivity index (χ1n) is 7.49. The van der Waals surface area contributed by atoms with Gasteiger partial charge < -0.3 is 14.5 Å². The first-order chi connectivity index (χ1) is 11.7. The summed E-state index contributed by atoms with van der Waals surface area (Å²) in [5.74, 6) is 1.28. The molecule has 0 aromatic heterocycles. The Balaban J connectivity index is 0. The minimum atomic E-state index is -4.94. The van der Waals surface area contributed by atoms with Gasteiger partial charge in [0.25, 0.3) is 10.1 Å². The van der Waals surface area contributed by atoms with Crippen molar-refractivity contribution in [3.8, 4) is 11.5 Å². The monoisotopic (exact) mass is 503 g/mol. The Hall–Kier alpha value is 3.21. The number of para-hydroxylation sites is 1. The van der Waals surface area contributed by atoms with Crippen LogP contribution in [0.4, 0.5) is 0 Å². The molecule has 139 valence electrons. The van der Waals surface area contributed by atoms with Crippen molar-refractivity contribution in [1.82, 2.24) is 0 Å². The van der Waals surface area contributed by atoms with Crippen LogP contribution in [0.5, 0.6) is 11.5 Å². The van der Waals surface area contributed by atoms with E-state index in [0.29, 0.717) is 17.9 Å². The van der Waals surface area contributed by atoms with Crippen LogP contribution in [0.1, 0.15) is 18.4 Å². The molecule has 0 saturated heterocycles. The fourth-order valence-electron chi connectivity index (χ4n) is 2.36. The number of rotatable bonds is 8. The van der Waals surface area contributed by atoms with E-state index in [-0.39, 0.29) is 167 Å². The molecule has 28 heavy (non-hydrogen) atoms. The zero-order valence-corrected chi connectivity index (χ0v) is 27.3. The van der Waals surface area contributed by atoms with Crippen LogP contribution in [0.2, 0.25) is 0 Å². The molecule has 12 heteroatoms. The van der Waals surface area contributed by atoms with Crippen molar-refractivity contribution in [1.29, 1.82) is 0 Å². The van der Waals surface area contributed by atoms with Crippen LogP contribution in [0.3, 0.4) is 0 Å². The summed E-state index contributed by atoms with van der Waals surface area (Å²) in [6, 6.07) is 16.3. The molecule has 7 nitrogen and oxygen atoms in total. The second kappa shape index (κ2) is 15.9. The SMILES string of the molecule is O=P(O)(O)C(CCCc1cccc(Oc2ccccc2)c1)S(=O)(=O)O.[K].[K].[K]. The molecular weight excluding hydrogens is 485 g/mol. The Kier molecular flexibility index (Phi) is 19.0. The van der Waals surface area contributed by atoms with Gasteiger partial charge in [0.05, 0.1) is 0 Å². The Labute approximate surface area is 293 Å². The van der Waals surface area contributed by atoms with Crippen molar-refractivity contribution in [2.45, 2.75) is 24.3 Å². The normalized spacial score (nSPS) is 12.0. The smallest absolute Gasteiger partial charge is 0.346 e. The van der Waals surface area contributed by atoms with E-state index in [1.54, 1.807) is 24.3 Å². The summed E-state index contributed by atoms with van der Waals surface area (Å²) in [7, 11) is -9.75. The Bertz CT molecular complexity index is 860. The summed E-state index contributed by atoms with van der Waals surface area (Å²) in [6.45, 7) is 0. The van der Waals surface area contributed by atoms with E-state index in [0.717, 1.165) is 5.56 Å². The zero-order chi connectivity index (χ0) is 18.5. The van der Waals surface area contributed by atoms with Gasteiger partial charge in [0, 0.05) is 154 Å². The number of hydrogen-bond donors (Lipinski definition) is 3. The molecule has 3 radical (unpaired) electrons. The Morgan fingerprint density at radius 3 is 2.04 bits per heavy atom. The van der Waals surface area contributed by atoms with E-state index in [1.807, 2.05) is 30.3 Å². The molecule has 0 spiro atoms. The molecule has 1 unspecified atom stereocenters. The first kappa shape index (κ1) is 33.4. The summed E-state index contributed by atoms with van der Waals surface area (Å²) in [5, 5.41) is 0. The largest absolute Gasteiger partial charge is 0.457 e. The maximum absolute atomic E-state index is 11.2. The van der Waals surface area contributed by atoms with E-state index in [9.17, 15) is 13.0 Å². The van der Waals surface area contributed by atoms with E-state index < -0.39 is 22.7 Å². The van der Waals surface area contributed by atoms with Gasteiger partial charge in [-0.05, 0) is 49.1 Å². The van der Waals surface area contributed by atoms with E-state index in [2.05, 4.69) is 0 Å². The van der Waals surface area contributed by atoms with Crippen LogP contribution in [0.25, 0.3) is 0 Å². The summed E-state index contributed by atoms with van der Waals surface area (Å²) in [5.41, 5.74) is 0.827. The van der Waals surface area contributed by atoms with Gasteiger partial charge in [0.15, 0.2) is 4.99 Å². The first-order valence-corrected chi connectivity index (χ1v) is 10.7. The van der Waals surface area contributed by atoms with Gasteiger partial charge in [-0.3, -0.25) is 9.12 Å². The molecule has 0 fully saturated rings. The van der Waals surface area contributed by atoms with Gasteiger partial charge in [-0.2, -0.15) is 8.42 Å². The van der Waals surface area contributed by atoms with Crippen molar-refractivity contribution >= 4 is 172 Å². The van der Waals surface area contributed by atoms with Crippen LogP contribution in [0, 0.1) is 0 Å². The van der Waals surface area contributed by atoms with E-state index in [1.165, 1.54) is 0 Å². The molecular formula is C16H19K3O7PS. The molecule has 1 atom stereocenters. The summed E-state index contributed by atoms with van der Waals surface area (Å²) < 4.78 is 48.1. The third-order valence-corrected chi connectivity index (χ3v) is 7.07. The Morgan fingerprint density at radius 2 is 1.50 bits per heavy atom. The molecule has 0 saturated carbocycles. The Morgan fingerprint density at radius 1 is 0.929 bits per heavy atom. The predicted octanol–water partition coefficient (Wildman–Crippen LogP) is 2.05. The summed E-state index contributed by atoms with van der Waals surface area (Å²) in [4.78, 5) is 16.0. The molecule has 2 aromatic carbocycles. The minimum absolute atomic E-state index is 0. The van der Waals surface area contributed by atoms with Gasteiger partial charge in [-0.25, -0.2) is 0 Å². The second-order valence-corrected chi connectivity index (χ2v) is 9.26. The van der Waals surface area contributed by atoms with Crippen LogP contribution in [0.15, 0.2) is 54.6 Å². The van der Waals surface area contributed by atoms with Gasteiger partial charge in [-0.15, -0.1) is 0 Å². The molecule has 2 aromatic rings. The summed E-state index contributed by atoms with van der Waals surface area (Å²) in [6.07, 6.45) is 0.231. The molecule has 0 aliphatic carbocycles. The fourth-order valence-corrected chi connectivity index (χ4v) is 4.73. The topological polar surface area (TPSA) is 121 Å². The van der Waals surface area contributed by atoms with Crippen LogP contribution >= 0.6 is 7.60 Å². The van der Waals surface area contributed by atoms with Crippen LogP contribution in [-0.2, 0) is 21.1 Å². The molecule has 3 N–H and O–H groups in total. The molecule has 0 bridgehead atoms. The maximum atomic E-state index is 11.2. The van der Waals surface area contributed by atoms with Crippen molar-refractivity contribution in [2.24, 2.45) is 0 Å². The van der Waals surface area contributed by atoms with Crippen molar-refractivity contribution in [3.63, 3.8) is 0 Å². The van der Waals surface area contributed by atoms with E-state index in [4.69, 9.17) is 19.1 Å². The average molecular weight is 504 g/mol.